The Labute approximate surface area is 110 Å². The molecule has 0 bridgehead atoms. The quantitative estimate of drug-likeness (QED) is 0.679. The summed E-state index contributed by atoms with van der Waals surface area (Å²) in [7, 11) is 0. The summed E-state index contributed by atoms with van der Waals surface area (Å²) in [5.41, 5.74) is 1.10. The van der Waals surface area contributed by atoms with Crippen LogP contribution in [0.15, 0.2) is 42.5 Å². The molecule has 0 heterocycles. The maximum Gasteiger partial charge on any atom is 0.331 e. The maximum absolute atomic E-state index is 10.7. The van der Waals surface area contributed by atoms with Crippen LogP contribution in [0.4, 0.5) is 0 Å². The van der Waals surface area contributed by atoms with E-state index >= 15 is 0 Å². The lowest BCUT2D eigenvalue weighted by molar-refractivity contribution is -0.133. The van der Waals surface area contributed by atoms with Crippen LogP contribution in [-0.2, 0) is 22.4 Å². The van der Waals surface area contributed by atoms with Crippen molar-refractivity contribution in [1.29, 1.82) is 0 Å². The topological polar surface area (TPSA) is 94.8 Å². The third kappa shape index (κ3) is 4.31. The number of hydrogen-bond donors (Lipinski definition) is 3. The second-order valence-electron chi connectivity index (χ2n) is 4.18. The molecule has 0 amide bonds. The molecule has 0 fully saturated rings. The van der Waals surface area contributed by atoms with E-state index in [1.807, 2.05) is 0 Å². The van der Waals surface area contributed by atoms with Crippen LogP contribution in [0.25, 0.3) is 0 Å². The maximum atomic E-state index is 10.7. The molecule has 1 aromatic carbocycles. The lowest BCUT2D eigenvalue weighted by atomic mass is 9.99. The summed E-state index contributed by atoms with van der Waals surface area (Å²) in [6, 6.07) is 4.46. The Morgan fingerprint density at radius 3 is 1.58 bits per heavy atom. The Balaban J connectivity index is 2.94. The monoisotopic (exact) mass is 262 g/mol. The highest BCUT2D eigenvalue weighted by molar-refractivity contribution is 5.87. The number of rotatable bonds is 6. The average molecular weight is 262 g/mol. The van der Waals surface area contributed by atoms with Crippen molar-refractivity contribution in [2.75, 3.05) is 0 Å². The number of phenolic OH excluding ortho intramolecular Hbond substituents is 1. The van der Waals surface area contributed by atoms with E-state index in [9.17, 15) is 14.7 Å². The molecule has 0 saturated carbocycles. The van der Waals surface area contributed by atoms with Gasteiger partial charge in [-0.1, -0.05) is 19.2 Å². The van der Waals surface area contributed by atoms with Gasteiger partial charge in [0.2, 0.25) is 0 Å². The van der Waals surface area contributed by atoms with Gasteiger partial charge in [0.15, 0.2) is 0 Å². The van der Waals surface area contributed by atoms with Crippen LogP contribution in [0.5, 0.6) is 5.75 Å². The molecule has 5 nitrogen and oxygen atoms in total. The van der Waals surface area contributed by atoms with Gasteiger partial charge in [0, 0.05) is 24.0 Å². The van der Waals surface area contributed by atoms with Crippen molar-refractivity contribution in [1.82, 2.24) is 0 Å². The van der Waals surface area contributed by atoms with Crippen LogP contribution in [0, 0.1) is 0 Å². The van der Waals surface area contributed by atoms with Crippen LogP contribution < -0.4 is 0 Å². The summed E-state index contributed by atoms with van der Waals surface area (Å²) in [4.78, 5) is 21.4. The summed E-state index contributed by atoms with van der Waals surface area (Å²) in [6.45, 7) is 6.81. The third-order valence-corrected chi connectivity index (χ3v) is 2.48. The first-order valence-corrected chi connectivity index (χ1v) is 5.43. The normalized spacial score (nSPS) is 9.89. The van der Waals surface area contributed by atoms with Crippen LogP contribution in [0.2, 0.25) is 0 Å². The van der Waals surface area contributed by atoms with Crippen molar-refractivity contribution in [3.63, 3.8) is 0 Å². The van der Waals surface area contributed by atoms with Gasteiger partial charge in [-0.15, -0.1) is 0 Å². The Hall–Kier alpha value is -2.56. The molecule has 1 aromatic rings. The highest BCUT2D eigenvalue weighted by atomic mass is 16.4. The fourth-order valence-electron chi connectivity index (χ4n) is 1.59. The standard InChI is InChI=1S/C14H14O5/c1-8(13(16)17)3-10-5-11(7-12(15)6-10)4-9(2)14(18)19/h5-7,15H,1-4H2,(H,16,17)(H,18,19). The minimum atomic E-state index is -1.11. The molecule has 0 saturated heterocycles. The van der Waals surface area contributed by atoms with Crippen LogP contribution >= 0.6 is 0 Å². The van der Waals surface area contributed by atoms with Gasteiger partial charge < -0.3 is 15.3 Å². The van der Waals surface area contributed by atoms with E-state index < -0.39 is 11.9 Å². The number of aliphatic carboxylic acids is 2. The molecule has 5 heteroatoms. The Morgan fingerprint density at radius 1 is 0.895 bits per heavy atom. The van der Waals surface area contributed by atoms with Crippen molar-refractivity contribution >= 4 is 11.9 Å². The number of benzene rings is 1. The molecule has 100 valence electrons. The summed E-state index contributed by atoms with van der Waals surface area (Å²) in [6.07, 6.45) is 0.159. The molecular weight excluding hydrogens is 248 g/mol. The molecule has 0 aliphatic rings. The van der Waals surface area contributed by atoms with E-state index in [-0.39, 0.29) is 29.7 Å². The van der Waals surface area contributed by atoms with Crippen molar-refractivity contribution in [3.05, 3.63) is 53.6 Å². The second kappa shape index (κ2) is 5.86. The number of carboxylic acids is 2. The minimum absolute atomic E-state index is 0.00592. The molecule has 1 rings (SSSR count). The SMILES string of the molecule is C=C(Cc1cc(O)cc(CC(=C)C(=O)O)c1)C(=O)O. The molecular formula is C14H14O5. The van der Waals surface area contributed by atoms with Gasteiger partial charge in [-0.3, -0.25) is 0 Å². The molecule has 0 unspecified atom stereocenters. The summed E-state index contributed by atoms with van der Waals surface area (Å²) in [5.74, 6) is -2.27. The predicted octanol–water partition coefficient (Wildman–Crippen LogP) is 1.76. The van der Waals surface area contributed by atoms with Crippen LogP contribution in [0.1, 0.15) is 11.1 Å². The third-order valence-electron chi connectivity index (χ3n) is 2.48. The zero-order valence-corrected chi connectivity index (χ0v) is 10.2. The molecule has 0 aliphatic carbocycles. The summed E-state index contributed by atoms with van der Waals surface area (Å²) in [5, 5.41) is 27.0. The summed E-state index contributed by atoms with van der Waals surface area (Å²) < 4.78 is 0. The molecule has 19 heavy (non-hydrogen) atoms. The first-order valence-electron chi connectivity index (χ1n) is 5.43. The fourth-order valence-corrected chi connectivity index (χ4v) is 1.59. The van der Waals surface area contributed by atoms with Crippen molar-refractivity contribution in [2.24, 2.45) is 0 Å². The zero-order chi connectivity index (χ0) is 14.6. The second-order valence-corrected chi connectivity index (χ2v) is 4.18. The van der Waals surface area contributed by atoms with Gasteiger partial charge in [-0.2, -0.15) is 0 Å². The predicted molar refractivity (Wildman–Crippen MR) is 69.1 cm³/mol. The molecule has 3 N–H and O–H groups in total. The molecule has 0 atom stereocenters. The zero-order valence-electron chi connectivity index (χ0n) is 10.2. The number of carbonyl (C=O) groups is 2. The first-order chi connectivity index (χ1) is 8.79. The van der Waals surface area contributed by atoms with Gasteiger partial charge >= 0.3 is 11.9 Å². The minimum Gasteiger partial charge on any atom is -0.508 e. The van der Waals surface area contributed by atoms with E-state index in [2.05, 4.69) is 13.2 Å². The number of aromatic hydroxyl groups is 1. The number of hydrogen-bond acceptors (Lipinski definition) is 3. The highest BCUT2D eigenvalue weighted by Gasteiger charge is 2.10. The smallest absolute Gasteiger partial charge is 0.331 e. The van der Waals surface area contributed by atoms with Gasteiger partial charge in [-0.25, -0.2) is 9.59 Å². The average Bonchev–Trinajstić information content (AvgIpc) is 2.27. The van der Waals surface area contributed by atoms with E-state index in [4.69, 9.17) is 10.2 Å². The fraction of sp³-hybridized carbons (Fsp3) is 0.143. The van der Waals surface area contributed by atoms with Crippen molar-refractivity contribution in [2.45, 2.75) is 12.8 Å². The molecule has 0 aromatic heterocycles. The lowest BCUT2D eigenvalue weighted by Gasteiger charge is -2.07. The lowest BCUT2D eigenvalue weighted by Crippen LogP contribution is -2.04. The van der Waals surface area contributed by atoms with E-state index in [0.29, 0.717) is 11.1 Å². The van der Waals surface area contributed by atoms with Crippen molar-refractivity contribution < 1.29 is 24.9 Å². The van der Waals surface area contributed by atoms with E-state index in [1.54, 1.807) is 6.07 Å². The number of carboxylic acid groups (broad SMARTS) is 2. The summed E-state index contributed by atoms with van der Waals surface area (Å²) >= 11 is 0. The van der Waals surface area contributed by atoms with Crippen molar-refractivity contribution in [3.8, 4) is 5.75 Å². The molecule has 0 spiro atoms. The van der Waals surface area contributed by atoms with Gasteiger partial charge in [-0.05, 0) is 23.3 Å². The van der Waals surface area contributed by atoms with Crippen LogP contribution in [-0.4, -0.2) is 27.3 Å². The van der Waals surface area contributed by atoms with Gasteiger partial charge in [0.25, 0.3) is 0 Å². The van der Waals surface area contributed by atoms with Gasteiger partial charge in [0.1, 0.15) is 5.75 Å². The van der Waals surface area contributed by atoms with E-state index in [0.717, 1.165) is 0 Å². The molecule has 0 aliphatic heterocycles. The highest BCUT2D eigenvalue weighted by Crippen LogP contribution is 2.20. The Kier molecular flexibility index (Phi) is 4.47. The van der Waals surface area contributed by atoms with E-state index in [1.165, 1.54) is 12.1 Å². The first kappa shape index (κ1) is 14.5. The molecule has 0 radical (unpaired) electrons. The Bertz CT molecular complexity index is 511. The largest absolute Gasteiger partial charge is 0.508 e. The Morgan fingerprint density at radius 2 is 1.26 bits per heavy atom. The number of phenols is 1. The van der Waals surface area contributed by atoms with Gasteiger partial charge in [0.05, 0.1) is 0 Å². The van der Waals surface area contributed by atoms with Crippen LogP contribution in [0.3, 0.4) is 0 Å².